The summed E-state index contributed by atoms with van der Waals surface area (Å²) in [5.74, 6) is 0.885. The normalized spacial score (nSPS) is 22.6. The van der Waals surface area contributed by atoms with Gasteiger partial charge in [0.25, 0.3) is 0 Å². The lowest BCUT2D eigenvalue weighted by atomic mass is 9.80. The minimum absolute atomic E-state index is 0.0365. The molecular formula is C29H33BrF6N4O4. The third-order valence-corrected chi connectivity index (χ3v) is 8.45. The summed E-state index contributed by atoms with van der Waals surface area (Å²) in [7, 11) is 1.84. The van der Waals surface area contributed by atoms with Crippen LogP contribution in [0.15, 0.2) is 29.0 Å². The van der Waals surface area contributed by atoms with E-state index in [9.17, 15) is 35.9 Å². The number of amides is 1. The standard InChI is InChI=1S/C29H33BrF6N4O4/c1-4-43-24(41)9-17-5-7-18(8-6-17)14-39(3)26-22(38-23(30)13-37-26)15-40-16(2)25(44-27(40)42)19-10-20(28(31,32)33)12-21(11-19)29(34,35)36/h10-13,16-18,25H,4-9,14-15H2,1-3H3. The second kappa shape index (κ2) is 13.5. The van der Waals surface area contributed by atoms with E-state index in [0.29, 0.717) is 53.7 Å². The lowest BCUT2D eigenvalue weighted by Crippen LogP contribution is -2.34. The van der Waals surface area contributed by atoms with E-state index in [1.807, 2.05) is 11.9 Å². The number of benzene rings is 1. The fraction of sp³-hybridized carbons (Fsp3) is 0.586. The molecule has 2 heterocycles. The number of rotatable bonds is 9. The van der Waals surface area contributed by atoms with Crippen LogP contribution in [0.3, 0.4) is 0 Å². The van der Waals surface area contributed by atoms with Gasteiger partial charge in [-0.05, 0) is 91.1 Å². The smallest absolute Gasteiger partial charge is 0.416 e. The number of hydrogen-bond acceptors (Lipinski definition) is 7. The average molecular weight is 695 g/mol. The summed E-state index contributed by atoms with van der Waals surface area (Å²) < 4.78 is 91.5. The van der Waals surface area contributed by atoms with Gasteiger partial charge in [0.15, 0.2) is 5.82 Å². The van der Waals surface area contributed by atoms with Crippen molar-refractivity contribution >= 4 is 33.8 Å². The van der Waals surface area contributed by atoms with Crippen molar-refractivity contribution in [2.24, 2.45) is 11.8 Å². The molecule has 1 saturated carbocycles. The molecule has 1 aliphatic carbocycles. The molecule has 8 nitrogen and oxygen atoms in total. The number of hydrogen-bond donors (Lipinski definition) is 0. The maximum absolute atomic E-state index is 13.5. The summed E-state index contributed by atoms with van der Waals surface area (Å²) in [5, 5.41) is 0. The lowest BCUT2D eigenvalue weighted by Gasteiger charge is -2.32. The van der Waals surface area contributed by atoms with Gasteiger partial charge in [0, 0.05) is 20.0 Å². The molecule has 4 rings (SSSR count). The van der Waals surface area contributed by atoms with E-state index in [2.05, 4.69) is 25.9 Å². The zero-order valence-electron chi connectivity index (χ0n) is 24.3. The van der Waals surface area contributed by atoms with E-state index in [4.69, 9.17) is 9.47 Å². The molecule has 1 aromatic heterocycles. The van der Waals surface area contributed by atoms with Gasteiger partial charge in [0.2, 0.25) is 0 Å². The minimum atomic E-state index is -5.03. The number of carbonyl (C=O) groups excluding carboxylic acids is 2. The van der Waals surface area contributed by atoms with Crippen molar-refractivity contribution < 1.29 is 45.4 Å². The first-order valence-electron chi connectivity index (χ1n) is 14.2. The number of cyclic esters (lactones) is 1. The molecule has 0 spiro atoms. The van der Waals surface area contributed by atoms with Crippen molar-refractivity contribution in [2.45, 2.75) is 77.0 Å². The molecule has 1 aromatic carbocycles. The highest BCUT2D eigenvalue weighted by Crippen LogP contribution is 2.41. The molecule has 1 amide bonds. The Bertz CT molecular complexity index is 1320. The SMILES string of the molecule is CCOC(=O)CC1CCC(CN(C)c2ncc(Br)nc2CN2C(=O)OC(c3cc(C(F)(F)F)cc(C(F)(F)F)c3)C2C)CC1. The van der Waals surface area contributed by atoms with E-state index in [1.54, 1.807) is 6.92 Å². The third-order valence-electron chi connectivity index (χ3n) is 8.06. The Balaban J connectivity index is 1.49. The number of anilines is 1. The van der Waals surface area contributed by atoms with Gasteiger partial charge in [-0.25, -0.2) is 14.8 Å². The van der Waals surface area contributed by atoms with Crippen molar-refractivity contribution in [2.75, 3.05) is 25.1 Å². The van der Waals surface area contributed by atoms with Crippen molar-refractivity contribution in [3.8, 4) is 0 Å². The number of halogens is 7. The molecule has 1 aliphatic heterocycles. The molecule has 2 atom stereocenters. The Morgan fingerprint density at radius 2 is 1.66 bits per heavy atom. The van der Waals surface area contributed by atoms with Crippen LogP contribution in [0, 0.1) is 11.8 Å². The second-order valence-electron chi connectivity index (χ2n) is 11.3. The number of ether oxygens (including phenoxy) is 2. The number of alkyl halides is 6. The summed E-state index contributed by atoms with van der Waals surface area (Å²) >= 11 is 3.28. The third kappa shape index (κ3) is 8.13. The molecule has 0 N–H and O–H groups in total. The van der Waals surface area contributed by atoms with Gasteiger partial charge >= 0.3 is 24.4 Å². The van der Waals surface area contributed by atoms with Gasteiger partial charge in [0.05, 0.1) is 36.5 Å². The van der Waals surface area contributed by atoms with Gasteiger partial charge in [-0.2, -0.15) is 26.3 Å². The van der Waals surface area contributed by atoms with E-state index in [-0.39, 0.29) is 24.5 Å². The zero-order valence-corrected chi connectivity index (χ0v) is 25.9. The van der Waals surface area contributed by atoms with E-state index >= 15 is 0 Å². The minimum Gasteiger partial charge on any atom is -0.466 e. The van der Waals surface area contributed by atoms with Crippen molar-refractivity contribution in [1.82, 2.24) is 14.9 Å². The largest absolute Gasteiger partial charge is 0.466 e. The topological polar surface area (TPSA) is 84.9 Å². The first-order chi connectivity index (χ1) is 20.6. The molecule has 2 fully saturated rings. The zero-order chi connectivity index (χ0) is 32.4. The van der Waals surface area contributed by atoms with Crippen LogP contribution in [0.25, 0.3) is 0 Å². The summed E-state index contributed by atoms with van der Waals surface area (Å²) in [4.78, 5) is 36.9. The Hall–Kier alpha value is -3.10. The van der Waals surface area contributed by atoms with E-state index < -0.39 is 47.3 Å². The van der Waals surface area contributed by atoms with Crippen LogP contribution in [0.4, 0.5) is 37.0 Å². The number of esters is 1. The van der Waals surface area contributed by atoms with Crippen molar-refractivity contribution in [1.29, 1.82) is 0 Å². The highest BCUT2D eigenvalue weighted by atomic mass is 79.9. The molecular weight excluding hydrogens is 662 g/mol. The van der Waals surface area contributed by atoms with Crippen molar-refractivity contribution in [3.05, 3.63) is 51.4 Å². The molecule has 0 radical (unpaired) electrons. The Morgan fingerprint density at radius 3 is 2.23 bits per heavy atom. The summed E-state index contributed by atoms with van der Waals surface area (Å²) in [6.45, 7) is 4.11. The predicted octanol–water partition coefficient (Wildman–Crippen LogP) is 7.55. The fourth-order valence-corrected chi connectivity index (χ4v) is 6.15. The molecule has 2 unspecified atom stereocenters. The average Bonchev–Trinajstić information content (AvgIpc) is 3.21. The van der Waals surface area contributed by atoms with Gasteiger partial charge in [-0.3, -0.25) is 9.69 Å². The summed E-state index contributed by atoms with van der Waals surface area (Å²) in [6, 6.07) is 0.273. The second-order valence-corrected chi connectivity index (χ2v) is 12.1. The number of carbonyl (C=O) groups is 2. The summed E-state index contributed by atoms with van der Waals surface area (Å²) in [6.07, 6.45) is -6.85. The molecule has 44 heavy (non-hydrogen) atoms. The van der Waals surface area contributed by atoms with Gasteiger partial charge in [-0.1, -0.05) is 0 Å². The van der Waals surface area contributed by atoms with Crippen LogP contribution in [-0.2, 0) is 33.2 Å². The van der Waals surface area contributed by atoms with Crippen LogP contribution in [0.2, 0.25) is 0 Å². The van der Waals surface area contributed by atoms with Gasteiger partial charge in [-0.15, -0.1) is 0 Å². The fourth-order valence-electron chi connectivity index (χ4n) is 5.83. The predicted molar refractivity (Wildman–Crippen MR) is 150 cm³/mol. The van der Waals surface area contributed by atoms with Gasteiger partial charge in [0.1, 0.15) is 16.4 Å². The monoisotopic (exact) mass is 694 g/mol. The Morgan fingerprint density at radius 1 is 1.07 bits per heavy atom. The first kappa shape index (κ1) is 33.8. The van der Waals surface area contributed by atoms with Crippen molar-refractivity contribution in [3.63, 3.8) is 0 Å². The molecule has 242 valence electrons. The van der Waals surface area contributed by atoms with Crippen LogP contribution < -0.4 is 4.90 Å². The van der Waals surface area contributed by atoms with E-state index in [1.165, 1.54) is 18.0 Å². The molecule has 2 aromatic rings. The van der Waals surface area contributed by atoms with Crippen LogP contribution in [0.5, 0.6) is 0 Å². The highest BCUT2D eigenvalue weighted by Gasteiger charge is 2.43. The first-order valence-corrected chi connectivity index (χ1v) is 15.0. The van der Waals surface area contributed by atoms with Gasteiger partial charge < -0.3 is 14.4 Å². The Kier molecular flexibility index (Phi) is 10.4. The lowest BCUT2D eigenvalue weighted by molar-refractivity contribution is -0.145. The summed E-state index contributed by atoms with van der Waals surface area (Å²) in [5.41, 5.74) is -3.00. The Labute approximate surface area is 259 Å². The molecule has 15 heteroatoms. The molecule has 2 aliphatic rings. The van der Waals surface area contributed by atoms with Crippen LogP contribution in [0.1, 0.15) is 74.4 Å². The van der Waals surface area contributed by atoms with Crippen LogP contribution >= 0.6 is 15.9 Å². The van der Waals surface area contributed by atoms with E-state index in [0.717, 1.165) is 25.7 Å². The maximum Gasteiger partial charge on any atom is 0.416 e. The number of nitrogens with zero attached hydrogens (tertiary/aromatic N) is 4. The number of aromatic nitrogens is 2. The van der Waals surface area contributed by atoms with Crippen LogP contribution in [-0.4, -0.2) is 53.2 Å². The quantitative estimate of drug-likeness (QED) is 0.198. The molecule has 0 bridgehead atoms. The molecule has 1 saturated heterocycles. The highest BCUT2D eigenvalue weighted by molar-refractivity contribution is 9.10. The maximum atomic E-state index is 13.5.